The lowest BCUT2D eigenvalue weighted by molar-refractivity contribution is 0.354. The minimum absolute atomic E-state index is 0.0509. The Balaban J connectivity index is 2.95. The van der Waals surface area contributed by atoms with Crippen LogP contribution in [0.25, 0.3) is 0 Å². The predicted molar refractivity (Wildman–Crippen MR) is 73.3 cm³/mol. The molecule has 0 saturated heterocycles. The third kappa shape index (κ3) is 4.09. The van der Waals surface area contributed by atoms with Crippen molar-refractivity contribution in [1.82, 2.24) is 10.0 Å². The number of sulfonamides is 1. The predicted octanol–water partition coefficient (Wildman–Crippen LogP) is 0.590. The first kappa shape index (κ1) is 15.7. The molecule has 1 aromatic carbocycles. The van der Waals surface area contributed by atoms with E-state index < -0.39 is 10.0 Å². The molecule has 2 N–H and O–H groups in total. The number of likely N-dealkylation sites (N-methyl/N-ethyl adjacent to an activating group) is 1. The van der Waals surface area contributed by atoms with E-state index in [2.05, 4.69) is 10.0 Å². The van der Waals surface area contributed by atoms with Crippen LogP contribution in [-0.4, -0.2) is 42.3 Å². The van der Waals surface area contributed by atoms with Crippen molar-refractivity contribution < 1.29 is 17.9 Å². The Kier molecular flexibility index (Phi) is 5.59. The summed E-state index contributed by atoms with van der Waals surface area (Å²) in [6, 6.07) is 4.53. The van der Waals surface area contributed by atoms with Crippen molar-refractivity contribution in [3.8, 4) is 11.5 Å². The van der Waals surface area contributed by atoms with Crippen molar-refractivity contribution in [2.24, 2.45) is 0 Å². The lowest BCUT2D eigenvalue weighted by Crippen LogP contribution is -2.37. The van der Waals surface area contributed by atoms with Gasteiger partial charge in [0.2, 0.25) is 10.0 Å². The fraction of sp³-hybridized carbons (Fsp3) is 0.500. The van der Waals surface area contributed by atoms with E-state index >= 15 is 0 Å². The van der Waals surface area contributed by atoms with Crippen molar-refractivity contribution in [2.45, 2.75) is 17.9 Å². The lowest BCUT2D eigenvalue weighted by atomic mass is 10.3. The zero-order valence-electron chi connectivity index (χ0n) is 11.6. The van der Waals surface area contributed by atoms with E-state index in [1.807, 2.05) is 6.92 Å². The van der Waals surface area contributed by atoms with Crippen LogP contribution < -0.4 is 19.5 Å². The Labute approximate surface area is 114 Å². The molecule has 0 aliphatic rings. The number of rotatable bonds is 7. The minimum atomic E-state index is -3.55. The average molecular weight is 288 g/mol. The molecular formula is C12H20N2O4S. The summed E-state index contributed by atoms with van der Waals surface area (Å²) in [4.78, 5) is 0.147. The second-order valence-electron chi connectivity index (χ2n) is 4.06. The van der Waals surface area contributed by atoms with Crippen LogP contribution in [0.1, 0.15) is 6.92 Å². The van der Waals surface area contributed by atoms with Crippen LogP contribution in [-0.2, 0) is 10.0 Å². The molecule has 108 valence electrons. The first-order valence-corrected chi connectivity index (χ1v) is 7.32. The zero-order valence-corrected chi connectivity index (χ0v) is 12.4. The summed E-state index contributed by atoms with van der Waals surface area (Å²) in [7, 11) is 1.19. The third-order valence-electron chi connectivity index (χ3n) is 2.74. The molecule has 0 radical (unpaired) electrons. The Hall–Kier alpha value is -1.31. The highest BCUT2D eigenvalue weighted by molar-refractivity contribution is 7.89. The second kappa shape index (κ2) is 6.74. The fourth-order valence-electron chi connectivity index (χ4n) is 1.40. The molecular weight excluding hydrogens is 268 g/mol. The molecule has 0 spiro atoms. The van der Waals surface area contributed by atoms with Crippen LogP contribution in [0.5, 0.6) is 11.5 Å². The number of methoxy groups -OCH3 is 2. The van der Waals surface area contributed by atoms with Gasteiger partial charge in [-0.2, -0.15) is 0 Å². The molecule has 0 aliphatic carbocycles. The highest BCUT2D eigenvalue weighted by Gasteiger charge is 2.17. The van der Waals surface area contributed by atoms with Crippen molar-refractivity contribution >= 4 is 10.0 Å². The number of benzene rings is 1. The van der Waals surface area contributed by atoms with E-state index in [0.29, 0.717) is 18.0 Å². The van der Waals surface area contributed by atoms with Gasteiger partial charge in [0.25, 0.3) is 0 Å². The average Bonchev–Trinajstić information content (AvgIpc) is 2.43. The summed E-state index contributed by atoms with van der Waals surface area (Å²) < 4.78 is 36.9. The summed E-state index contributed by atoms with van der Waals surface area (Å²) >= 11 is 0. The van der Waals surface area contributed by atoms with E-state index in [-0.39, 0.29) is 10.9 Å². The SMILES string of the molecule is CNC(C)CNS(=O)(=O)c1ccc(OC)c(OC)c1. The fourth-order valence-corrected chi connectivity index (χ4v) is 2.55. The Morgan fingerprint density at radius 2 is 1.84 bits per heavy atom. The van der Waals surface area contributed by atoms with Gasteiger partial charge in [0.05, 0.1) is 19.1 Å². The van der Waals surface area contributed by atoms with Gasteiger partial charge in [-0.25, -0.2) is 13.1 Å². The maximum Gasteiger partial charge on any atom is 0.240 e. The molecule has 1 rings (SSSR count). The van der Waals surface area contributed by atoms with E-state index in [1.54, 1.807) is 13.1 Å². The second-order valence-corrected chi connectivity index (χ2v) is 5.83. The maximum atomic E-state index is 12.1. The highest BCUT2D eigenvalue weighted by atomic mass is 32.2. The Morgan fingerprint density at radius 3 is 2.37 bits per heavy atom. The maximum absolute atomic E-state index is 12.1. The number of hydrogen-bond acceptors (Lipinski definition) is 5. The van der Waals surface area contributed by atoms with Crippen LogP contribution in [0.4, 0.5) is 0 Å². The Morgan fingerprint density at radius 1 is 1.21 bits per heavy atom. The summed E-state index contributed by atoms with van der Waals surface area (Å²) in [5.41, 5.74) is 0. The molecule has 0 aromatic heterocycles. The molecule has 0 amide bonds. The number of ether oxygens (including phenoxy) is 2. The zero-order chi connectivity index (χ0) is 14.5. The van der Waals surface area contributed by atoms with Crippen LogP contribution in [0, 0.1) is 0 Å². The van der Waals surface area contributed by atoms with E-state index in [0.717, 1.165) is 0 Å². The third-order valence-corrected chi connectivity index (χ3v) is 4.16. The van der Waals surface area contributed by atoms with E-state index in [9.17, 15) is 8.42 Å². The molecule has 1 atom stereocenters. The van der Waals surface area contributed by atoms with Crippen molar-refractivity contribution in [1.29, 1.82) is 0 Å². The van der Waals surface area contributed by atoms with Crippen molar-refractivity contribution in [2.75, 3.05) is 27.8 Å². The molecule has 19 heavy (non-hydrogen) atoms. The summed E-state index contributed by atoms with van der Waals surface area (Å²) in [6.07, 6.45) is 0. The van der Waals surface area contributed by atoms with Gasteiger partial charge in [0.15, 0.2) is 11.5 Å². The Bertz CT molecular complexity index is 516. The van der Waals surface area contributed by atoms with Crippen LogP contribution in [0.2, 0.25) is 0 Å². The van der Waals surface area contributed by atoms with Gasteiger partial charge in [-0.05, 0) is 26.1 Å². The van der Waals surface area contributed by atoms with E-state index in [4.69, 9.17) is 9.47 Å². The van der Waals surface area contributed by atoms with Gasteiger partial charge in [0, 0.05) is 18.7 Å². The van der Waals surface area contributed by atoms with Gasteiger partial charge in [0.1, 0.15) is 0 Å². The molecule has 7 heteroatoms. The lowest BCUT2D eigenvalue weighted by Gasteiger charge is -2.13. The molecule has 1 unspecified atom stereocenters. The summed E-state index contributed by atoms with van der Waals surface area (Å²) in [5, 5.41) is 2.96. The molecule has 6 nitrogen and oxygen atoms in total. The summed E-state index contributed by atoms with van der Waals surface area (Å²) in [5.74, 6) is 0.872. The minimum Gasteiger partial charge on any atom is -0.493 e. The van der Waals surface area contributed by atoms with Crippen LogP contribution >= 0.6 is 0 Å². The topological polar surface area (TPSA) is 76.7 Å². The first-order chi connectivity index (χ1) is 8.94. The molecule has 0 aliphatic heterocycles. The van der Waals surface area contributed by atoms with Crippen molar-refractivity contribution in [3.05, 3.63) is 18.2 Å². The molecule has 0 bridgehead atoms. The number of nitrogens with one attached hydrogen (secondary N) is 2. The normalized spacial score (nSPS) is 13.1. The van der Waals surface area contributed by atoms with Gasteiger partial charge < -0.3 is 14.8 Å². The van der Waals surface area contributed by atoms with Crippen molar-refractivity contribution in [3.63, 3.8) is 0 Å². The molecule has 0 fully saturated rings. The van der Waals surface area contributed by atoms with Crippen LogP contribution in [0.15, 0.2) is 23.1 Å². The first-order valence-electron chi connectivity index (χ1n) is 5.83. The molecule has 1 aromatic rings. The molecule has 0 heterocycles. The standard InChI is InChI=1S/C12H20N2O4S/c1-9(13-2)8-14-19(15,16)10-5-6-11(17-3)12(7-10)18-4/h5-7,9,13-14H,8H2,1-4H3. The smallest absolute Gasteiger partial charge is 0.240 e. The molecule has 0 saturated carbocycles. The van der Waals surface area contributed by atoms with Gasteiger partial charge in [-0.15, -0.1) is 0 Å². The number of hydrogen-bond donors (Lipinski definition) is 2. The van der Waals surface area contributed by atoms with Crippen LogP contribution in [0.3, 0.4) is 0 Å². The van der Waals surface area contributed by atoms with E-state index in [1.165, 1.54) is 26.4 Å². The monoisotopic (exact) mass is 288 g/mol. The van der Waals surface area contributed by atoms with Gasteiger partial charge in [-0.3, -0.25) is 0 Å². The highest BCUT2D eigenvalue weighted by Crippen LogP contribution is 2.29. The quantitative estimate of drug-likeness (QED) is 0.768. The largest absolute Gasteiger partial charge is 0.493 e. The van der Waals surface area contributed by atoms with Gasteiger partial charge >= 0.3 is 0 Å². The van der Waals surface area contributed by atoms with Gasteiger partial charge in [-0.1, -0.05) is 0 Å². The summed E-state index contributed by atoms with van der Waals surface area (Å²) in [6.45, 7) is 2.20.